The van der Waals surface area contributed by atoms with Crippen LogP contribution in [0.2, 0.25) is 0 Å². The Morgan fingerprint density at radius 3 is 2.32 bits per heavy atom. The van der Waals surface area contributed by atoms with Gasteiger partial charge in [-0.15, -0.1) is 0 Å². The van der Waals surface area contributed by atoms with Gasteiger partial charge in [0.05, 0.1) is 17.7 Å². The number of methoxy groups -OCH3 is 1. The first-order valence-electron chi connectivity index (χ1n) is 10.2. The zero-order chi connectivity index (χ0) is 24.7. The van der Waals surface area contributed by atoms with E-state index in [-0.39, 0.29) is 17.1 Å². The molecule has 2 N–H and O–H groups in total. The molecule has 0 saturated carbocycles. The van der Waals surface area contributed by atoms with Gasteiger partial charge in [-0.05, 0) is 61.0 Å². The van der Waals surface area contributed by atoms with Crippen molar-refractivity contribution in [3.63, 3.8) is 0 Å². The van der Waals surface area contributed by atoms with Gasteiger partial charge in [0.25, 0.3) is 21.8 Å². The molecule has 0 aliphatic carbocycles. The summed E-state index contributed by atoms with van der Waals surface area (Å²) in [5.74, 6) is -0.207. The summed E-state index contributed by atoms with van der Waals surface area (Å²) in [5, 5.41) is 0. The number of carbonyl (C=O) groups excluding carboxylic acids is 2. The number of hydrazine groups is 1. The van der Waals surface area contributed by atoms with Gasteiger partial charge in [0.1, 0.15) is 11.5 Å². The van der Waals surface area contributed by atoms with E-state index in [0.717, 1.165) is 9.87 Å². The summed E-state index contributed by atoms with van der Waals surface area (Å²) in [6.07, 6.45) is 0. The molecule has 0 bridgehead atoms. The van der Waals surface area contributed by atoms with Crippen LogP contribution < -0.4 is 24.6 Å². The minimum atomic E-state index is -3.89. The zero-order valence-electron chi connectivity index (χ0n) is 18.9. The third kappa shape index (κ3) is 5.84. The number of sulfonamides is 1. The van der Waals surface area contributed by atoms with Crippen LogP contribution in [0.3, 0.4) is 0 Å². The molecule has 0 aliphatic rings. The van der Waals surface area contributed by atoms with Gasteiger partial charge in [-0.1, -0.05) is 24.3 Å². The van der Waals surface area contributed by atoms with Crippen LogP contribution in [0.5, 0.6) is 11.5 Å². The molecular weight excluding hydrogens is 458 g/mol. The van der Waals surface area contributed by atoms with Crippen molar-refractivity contribution in [1.29, 1.82) is 0 Å². The number of rotatable bonds is 8. The van der Waals surface area contributed by atoms with Crippen molar-refractivity contribution in [3.8, 4) is 11.5 Å². The monoisotopic (exact) mass is 483 g/mol. The third-order valence-corrected chi connectivity index (χ3v) is 6.66. The molecule has 0 saturated heterocycles. The van der Waals surface area contributed by atoms with E-state index < -0.39 is 21.8 Å². The first-order chi connectivity index (χ1) is 16.2. The minimum absolute atomic E-state index is 0.00644. The van der Waals surface area contributed by atoms with Gasteiger partial charge in [0.15, 0.2) is 6.61 Å². The number of benzene rings is 3. The Hall–Kier alpha value is -4.05. The van der Waals surface area contributed by atoms with Gasteiger partial charge in [0, 0.05) is 12.6 Å². The molecule has 0 atom stereocenters. The van der Waals surface area contributed by atoms with Crippen molar-refractivity contribution in [2.24, 2.45) is 0 Å². The van der Waals surface area contributed by atoms with Gasteiger partial charge in [-0.25, -0.2) is 8.42 Å². The Balaban J connectivity index is 1.59. The zero-order valence-corrected chi connectivity index (χ0v) is 19.8. The van der Waals surface area contributed by atoms with E-state index in [1.165, 1.54) is 38.4 Å². The molecule has 3 aromatic carbocycles. The second kappa shape index (κ2) is 10.7. The number of ether oxygens (including phenoxy) is 2. The molecule has 9 nitrogen and oxygen atoms in total. The van der Waals surface area contributed by atoms with E-state index in [0.29, 0.717) is 17.2 Å². The van der Waals surface area contributed by atoms with Crippen LogP contribution in [-0.4, -0.2) is 41.0 Å². The van der Waals surface area contributed by atoms with Crippen LogP contribution in [-0.2, 0) is 14.8 Å². The van der Waals surface area contributed by atoms with Crippen molar-refractivity contribution in [3.05, 3.63) is 83.9 Å². The van der Waals surface area contributed by atoms with Crippen molar-refractivity contribution < 1.29 is 27.5 Å². The predicted molar refractivity (Wildman–Crippen MR) is 127 cm³/mol. The van der Waals surface area contributed by atoms with Crippen molar-refractivity contribution in [1.82, 2.24) is 10.9 Å². The van der Waals surface area contributed by atoms with E-state index in [2.05, 4.69) is 10.9 Å². The van der Waals surface area contributed by atoms with Crippen LogP contribution in [0.25, 0.3) is 0 Å². The average Bonchev–Trinajstić information content (AvgIpc) is 2.85. The lowest BCUT2D eigenvalue weighted by Gasteiger charge is -2.21. The van der Waals surface area contributed by atoms with E-state index in [9.17, 15) is 18.0 Å². The second-order valence-corrected chi connectivity index (χ2v) is 9.25. The van der Waals surface area contributed by atoms with Gasteiger partial charge in [-0.2, -0.15) is 0 Å². The number of nitrogens with zero attached hydrogens (tertiary/aromatic N) is 1. The standard InChI is InChI=1S/C24H25N3O6S/c1-17-7-6-8-19(15-17)33-16-23(28)25-26-24(29)18-11-13-20(14-12-18)34(30,31)27(2)21-9-4-5-10-22(21)32-3/h4-15H,16H2,1-3H3,(H,25,28)(H,26,29). The normalized spacial score (nSPS) is 10.8. The number of carbonyl (C=O) groups is 2. The lowest BCUT2D eigenvalue weighted by atomic mass is 10.2. The topological polar surface area (TPSA) is 114 Å². The summed E-state index contributed by atoms with van der Waals surface area (Å²) in [6.45, 7) is 1.62. The molecule has 178 valence electrons. The van der Waals surface area contributed by atoms with Gasteiger partial charge in [0.2, 0.25) is 0 Å². The van der Waals surface area contributed by atoms with Crippen molar-refractivity contribution >= 4 is 27.5 Å². The minimum Gasteiger partial charge on any atom is -0.495 e. The fraction of sp³-hybridized carbons (Fsp3) is 0.167. The summed E-state index contributed by atoms with van der Waals surface area (Å²) in [5.41, 5.74) is 6.07. The SMILES string of the molecule is COc1ccccc1N(C)S(=O)(=O)c1ccc(C(=O)NNC(=O)COc2cccc(C)c2)cc1. The average molecular weight is 484 g/mol. The Labute approximate surface area is 198 Å². The maximum atomic E-state index is 13.0. The number of nitrogens with one attached hydrogen (secondary N) is 2. The number of aryl methyl sites for hydroxylation is 1. The Morgan fingerprint density at radius 2 is 1.65 bits per heavy atom. The van der Waals surface area contributed by atoms with Gasteiger partial charge >= 0.3 is 0 Å². The smallest absolute Gasteiger partial charge is 0.276 e. The fourth-order valence-corrected chi connectivity index (χ4v) is 4.25. The van der Waals surface area contributed by atoms with E-state index >= 15 is 0 Å². The van der Waals surface area contributed by atoms with Crippen molar-refractivity contribution in [2.75, 3.05) is 25.1 Å². The molecule has 0 aliphatic heterocycles. The number of amides is 2. The maximum absolute atomic E-state index is 13.0. The Bertz CT molecular complexity index is 1280. The number of para-hydroxylation sites is 2. The third-order valence-electron chi connectivity index (χ3n) is 4.87. The summed E-state index contributed by atoms with van der Waals surface area (Å²) >= 11 is 0. The van der Waals surface area contributed by atoms with E-state index in [1.54, 1.807) is 36.4 Å². The van der Waals surface area contributed by atoms with Crippen LogP contribution in [0.15, 0.2) is 77.7 Å². The highest BCUT2D eigenvalue weighted by atomic mass is 32.2. The van der Waals surface area contributed by atoms with Gasteiger partial charge in [-0.3, -0.25) is 24.7 Å². The molecular formula is C24H25N3O6S. The quantitative estimate of drug-likeness (QED) is 0.476. The number of hydrogen-bond donors (Lipinski definition) is 2. The first kappa shape index (κ1) is 24.6. The Morgan fingerprint density at radius 1 is 0.941 bits per heavy atom. The summed E-state index contributed by atoms with van der Waals surface area (Å²) in [7, 11) is -1.02. The molecule has 0 radical (unpaired) electrons. The van der Waals surface area contributed by atoms with Crippen LogP contribution >= 0.6 is 0 Å². The van der Waals surface area contributed by atoms with Crippen molar-refractivity contribution in [2.45, 2.75) is 11.8 Å². The molecule has 0 heterocycles. The van der Waals surface area contributed by atoms with Crippen LogP contribution in [0.1, 0.15) is 15.9 Å². The lowest BCUT2D eigenvalue weighted by molar-refractivity contribution is -0.123. The number of anilines is 1. The molecule has 0 unspecified atom stereocenters. The van der Waals surface area contributed by atoms with E-state index in [1.807, 2.05) is 19.1 Å². The first-order valence-corrected chi connectivity index (χ1v) is 11.7. The highest BCUT2D eigenvalue weighted by Crippen LogP contribution is 2.30. The predicted octanol–water partition coefficient (Wildman–Crippen LogP) is 2.67. The van der Waals surface area contributed by atoms with E-state index in [4.69, 9.17) is 9.47 Å². The molecule has 3 aromatic rings. The molecule has 10 heteroatoms. The second-order valence-electron chi connectivity index (χ2n) is 7.28. The largest absolute Gasteiger partial charge is 0.495 e. The van der Waals surface area contributed by atoms with Gasteiger partial charge < -0.3 is 9.47 Å². The fourth-order valence-electron chi connectivity index (χ4n) is 3.04. The summed E-state index contributed by atoms with van der Waals surface area (Å²) < 4.78 is 37.7. The van der Waals surface area contributed by atoms with Crippen LogP contribution in [0, 0.1) is 6.92 Å². The highest BCUT2D eigenvalue weighted by molar-refractivity contribution is 7.92. The highest BCUT2D eigenvalue weighted by Gasteiger charge is 2.24. The molecule has 0 aromatic heterocycles. The maximum Gasteiger partial charge on any atom is 0.276 e. The summed E-state index contributed by atoms with van der Waals surface area (Å²) in [6, 6.07) is 19.3. The molecule has 0 fully saturated rings. The lowest BCUT2D eigenvalue weighted by Crippen LogP contribution is -2.43. The molecule has 2 amide bonds. The Kier molecular flexibility index (Phi) is 7.75. The number of hydrogen-bond acceptors (Lipinski definition) is 6. The summed E-state index contributed by atoms with van der Waals surface area (Å²) in [4.78, 5) is 24.3. The molecule has 34 heavy (non-hydrogen) atoms. The molecule has 3 rings (SSSR count). The van der Waals surface area contributed by atoms with Crippen LogP contribution in [0.4, 0.5) is 5.69 Å². The molecule has 0 spiro atoms.